The van der Waals surface area contributed by atoms with E-state index in [9.17, 15) is 9.90 Å². The molecular formula is C13H18N2O2. The highest BCUT2D eigenvalue weighted by Gasteiger charge is 2.38. The summed E-state index contributed by atoms with van der Waals surface area (Å²) in [5.74, 6) is 0.0962. The highest BCUT2D eigenvalue weighted by Crippen LogP contribution is 2.21. The zero-order valence-electron chi connectivity index (χ0n) is 10.0. The van der Waals surface area contributed by atoms with Crippen LogP contribution >= 0.6 is 0 Å². The van der Waals surface area contributed by atoms with Gasteiger partial charge in [0, 0.05) is 12.1 Å². The number of likely N-dealkylation sites (tertiary alicyclic amines) is 1. The van der Waals surface area contributed by atoms with Gasteiger partial charge in [0.15, 0.2) is 0 Å². The average molecular weight is 234 g/mol. The molecule has 0 bridgehead atoms. The molecule has 4 nitrogen and oxygen atoms in total. The van der Waals surface area contributed by atoms with Crippen LogP contribution in [0.25, 0.3) is 0 Å². The Morgan fingerprint density at radius 1 is 1.53 bits per heavy atom. The van der Waals surface area contributed by atoms with Gasteiger partial charge in [-0.2, -0.15) is 0 Å². The van der Waals surface area contributed by atoms with Crippen molar-refractivity contribution in [2.45, 2.75) is 25.4 Å². The SMILES string of the molecule is CC1(O)CN(C(=O)CCc2cccc(N)c2)C1. The number of anilines is 1. The molecule has 0 atom stereocenters. The number of rotatable bonds is 3. The maximum atomic E-state index is 11.8. The van der Waals surface area contributed by atoms with E-state index in [1.807, 2.05) is 24.3 Å². The number of aryl methyl sites for hydroxylation is 1. The highest BCUT2D eigenvalue weighted by atomic mass is 16.3. The molecular weight excluding hydrogens is 216 g/mol. The van der Waals surface area contributed by atoms with Crippen LogP contribution in [-0.4, -0.2) is 34.6 Å². The second kappa shape index (κ2) is 4.37. The Balaban J connectivity index is 1.81. The zero-order chi connectivity index (χ0) is 12.5. The van der Waals surface area contributed by atoms with Gasteiger partial charge in [-0.3, -0.25) is 4.79 Å². The molecule has 1 aromatic carbocycles. The molecule has 1 heterocycles. The summed E-state index contributed by atoms with van der Waals surface area (Å²) in [6.07, 6.45) is 1.17. The Bertz CT molecular complexity index is 421. The van der Waals surface area contributed by atoms with Crippen LogP contribution in [0.2, 0.25) is 0 Å². The van der Waals surface area contributed by atoms with Crippen LogP contribution in [0.15, 0.2) is 24.3 Å². The minimum absolute atomic E-state index is 0.0962. The standard InChI is InChI=1S/C13H18N2O2/c1-13(17)8-15(9-13)12(16)6-5-10-3-2-4-11(14)7-10/h2-4,7,17H,5-6,8-9,14H2,1H3. The third-order valence-corrected chi connectivity index (χ3v) is 2.99. The summed E-state index contributed by atoms with van der Waals surface area (Å²) in [5, 5.41) is 9.54. The second-order valence-corrected chi connectivity index (χ2v) is 4.99. The summed E-state index contributed by atoms with van der Waals surface area (Å²) in [5.41, 5.74) is 6.78. The zero-order valence-corrected chi connectivity index (χ0v) is 10.0. The molecule has 0 aliphatic carbocycles. The van der Waals surface area contributed by atoms with E-state index in [-0.39, 0.29) is 5.91 Å². The van der Waals surface area contributed by atoms with Gasteiger partial charge in [-0.15, -0.1) is 0 Å². The molecule has 1 aliphatic rings. The van der Waals surface area contributed by atoms with Crippen LogP contribution in [-0.2, 0) is 11.2 Å². The summed E-state index contributed by atoms with van der Waals surface area (Å²) in [4.78, 5) is 13.4. The Morgan fingerprint density at radius 2 is 2.24 bits per heavy atom. The number of hydrogen-bond donors (Lipinski definition) is 2. The Morgan fingerprint density at radius 3 is 2.82 bits per heavy atom. The predicted octanol–water partition coefficient (Wildman–Crippen LogP) is 0.795. The van der Waals surface area contributed by atoms with Gasteiger partial charge in [-0.1, -0.05) is 12.1 Å². The number of carbonyl (C=O) groups excluding carboxylic acids is 1. The topological polar surface area (TPSA) is 66.6 Å². The van der Waals surface area contributed by atoms with Crippen molar-refractivity contribution in [1.29, 1.82) is 0 Å². The van der Waals surface area contributed by atoms with Gasteiger partial charge < -0.3 is 15.7 Å². The molecule has 0 saturated carbocycles. The van der Waals surface area contributed by atoms with Gasteiger partial charge in [0.2, 0.25) is 5.91 Å². The Kier molecular flexibility index (Phi) is 3.07. The first-order valence-electron chi connectivity index (χ1n) is 5.81. The summed E-state index contributed by atoms with van der Waals surface area (Å²) in [6, 6.07) is 7.58. The van der Waals surface area contributed by atoms with Crippen molar-refractivity contribution in [1.82, 2.24) is 4.90 Å². The Labute approximate surface area is 101 Å². The van der Waals surface area contributed by atoms with E-state index in [4.69, 9.17) is 5.73 Å². The molecule has 4 heteroatoms. The van der Waals surface area contributed by atoms with E-state index in [0.29, 0.717) is 25.9 Å². The van der Waals surface area contributed by atoms with Crippen molar-refractivity contribution in [3.05, 3.63) is 29.8 Å². The number of carbonyl (C=O) groups is 1. The van der Waals surface area contributed by atoms with Crippen molar-refractivity contribution in [2.24, 2.45) is 0 Å². The lowest BCUT2D eigenvalue weighted by Gasteiger charge is -2.44. The van der Waals surface area contributed by atoms with Gasteiger partial charge >= 0.3 is 0 Å². The molecule has 1 amide bonds. The van der Waals surface area contributed by atoms with Gasteiger partial charge in [-0.25, -0.2) is 0 Å². The number of nitrogen functional groups attached to an aromatic ring is 1. The second-order valence-electron chi connectivity index (χ2n) is 4.99. The highest BCUT2D eigenvalue weighted by molar-refractivity contribution is 5.77. The molecule has 0 spiro atoms. The van der Waals surface area contributed by atoms with Crippen molar-refractivity contribution in [3.63, 3.8) is 0 Å². The number of amides is 1. The van der Waals surface area contributed by atoms with Crippen LogP contribution < -0.4 is 5.73 Å². The molecule has 2 rings (SSSR count). The quantitative estimate of drug-likeness (QED) is 0.760. The van der Waals surface area contributed by atoms with Crippen LogP contribution in [0.3, 0.4) is 0 Å². The number of nitrogens with two attached hydrogens (primary N) is 1. The average Bonchev–Trinajstić information content (AvgIpc) is 2.22. The summed E-state index contributed by atoms with van der Waals surface area (Å²) in [6.45, 7) is 2.64. The van der Waals surface area contributed by atoms with Crippen LogP contribution in [0.4, 0.5) is 5.69 Å². The van der Waals surface area contributed by atoms with E-state index in [2.05, 4.69) is 0 Å². The molecule has 1 aliphatic heterocycles. The van der Waals surface area contributed by atoms with Gasteiger partial charge in [0.05, 0.1) is 18.7 Å². The normalized spacial score (nSPS) is 17.6. The number of aliphatic hydroxyl groups is 1. The maximum absolute atomic E-state index is 11.8. The molecule has 0 unspecified atom stereocenters. The minimum atomic E-state index is -0.688. The largest absolute Gasteiger partial charge is 0.399 e. The first kappa shape index (κ1) is 11.9. The van der Waals surface area contributed by atoms with Crippen LogP contribution in [0.1, 0.15) is 18.9 Å². The Hall–Kier alpha value is -1.55. The fraction of sp³-hybridized carbons (Fsp3) is 0.462. The first-order chi connectivity index (χ1) is 7.96. The molecule has 92 valence electrons. The summed E-state index contributed by atoms with van der Waals surface area (Å²) >= 11 is 0. The van der Waals surface area contributed by atoms with E-state index in [1.165, 1.54) is 0 Å². The molecule has 3 N–H and O–H groups in total. The molecule has 1 aromatic rings. The number of nitrogens with zero attached hydrogens (tertiary/aromatic N) is 1. The maximum Gasteiger partial charge on any atom is 0.223 e. The first-order valence-corrected chi connectivity index (χ1v) is 5.81. The smallest absolute Gasteiger partial charge is 0.223 e. The van der Waals surface area contributed by atoms with Gasteiger partial charge in [0.1, 0.15) is 0 Å². The van der Waals surface area contributed by atoms with Gasteiger partial charge in [-0.05, 0) is 31.0 Å². The summed E-state index contributed by atoms with van der Waals surface area (Å²) in [7, 11) is 0. The predicted molar refractivity (Wildman–Crippen MR) is 66.4 cm³/mol. The lowest BCUT2D eigenvalue weighted by molar-refractivity contribution is -0.152. The van der Waals surface area contributed by atoms with E-state index < -0.39 is 5.60 Å². The number of hydrogen-bond acceptors (Lipinski definition) is 3. The molecule has 0 aromatic heterocycles. The lowest BCUT2D eigenvalue weighted by atomic mass is 9.96. The third-order valence-electron chi connectivity index (χ3n) is 2.99. The van der Waals surface area contributed by atoms with E-state index >= 15 is 0 Å². The monoisotopic (exact) mass is 234 g/mol. The molecule has 1 fully saturated rings. The van der Waals surface area contributed by atoms with Crippen molar-refractivity contribution in [2.75, 3.05) is 18.8 Å². The fourth-order valence-electron chi connectivity index (χ4n) is 2.11. The fourth-order valence-corrected chi connectivity index (χ4v) is 2.11. The number of benzene rings is 1. The van der Waals surface area contributed by atoms with Crippen molar-refractivity contribution in [3.8, 4) is 0 Å². The molecule has 0 radical (unpaired) electrons. The summed E-state index contributed by atoms with van der Waals surface area (Å²) < 4.78 is 0. The third kappa shape index (κ3) is 2.97. The molecule has 1 saturated heterocycles. The van der Waals surface area contributed by atoms with Crippen molar-refractivity contribution < 1.29 is 9.90 Å². The van der Waals surface area contributed by atoms with Crippen LogP contribution in [0.5, 0.6) is 0 Å². The van der Waals surface area contributed by atoms with E-state index in [0.717, 1.165) is 11.3 Å². The van der Waals surface area contributed by atoms with Crippen molar-refractivity contribution >= 4 is 11.6 Å². The molecule has 17 heavy (non-hydrogen) atoms. The number of β-amino-alcohol motifs (C(OH)–C–C–N with tert-alkyl or cyclic N) is 1. The van der Waals surface area contributed by atoms with E-state index in [1.54, 1.807) is 11.8 Å². The minimum Gasteiger partial charge on any atom is -0.399 e. The lowest BCUT2D eigenvalue weighted by Crippen LogP contribution is -2.61. The van der Waals surface area contributed by atoms with Gasteiger partial charge in [0.25, 0.3) is 0 Å². The van der Waals surface area contributed by atoms with Crippen LogP contribution in [0, 0.1) is 0 Å².